The lowest BCUT2D eigenvalue weighted by Gasteiger charge is -2.04. The Kier molecular flexibility index (Phi) is 3.12. The van der Waals surface area contributed by atoms with Crippen LogP contribution in [-0.4, -0.2) is 25.3 Å². The predicted octanol–water partition coefficient (Wildman–Crippen LogP) is 2.96. The molecule has 7 heteroatoms. The molecule has 0 bridgehead atoms. The van der Waals surface area contributed by atoms with E-state index in [2.05, 4.69) is 37.1 Å². The third-order valence-electron chi connectivity index (χ3n) is 2.58. The minimum atomic E-state index is 0.334. The summed E-state index contributed by atoms with van der Waals surface area (Å²) in [7, 11) is 0. The monoisotopic (exact) mass is 333 g/mol. The zero-order chi connectivity index (χ0) is 13.4. The third-order valence-corrected chi connectivity index (χ3v) is 3.87. The number of halogens is 1. The van der Waals surface area contributed by atoms with Crippen molar-refractivity contribution in [1.82, 2.24) is 19.6 Å². The number of fused-ring (bicyclic) bond motifs is 3. The Morgan fingerprint density at radius 1 is 1.42 bits per heavy atom. The fourth-order valence-corrected chi connectivity index (χ4v) is 2.80. The molecular weight excluding hydrogens is 326 g/mol. The summed E-state index contributed by atoms with van der Waals surface area (Å²) in [5, 5.41) is 14.7. The van der Waals surface area contributed by atoms with Gasteiger partial charge in [0.05, 0.1) is 17.3 Å². The summed E-state index contributed by atoms with van der Waals surface area (Å²) in [5.41, 5.74) is 1.62. The summed E-state index contributed by atoms with van der Waals surface area (Å²) in [5.74, 6) is 1.02. The van der Waals surface area contributed by atoms with E-state index in [9.17, 15) is 0 Å². The van der Waals surface area contributed by atoms with E-state index in [-0.39, 0.29) is 0 Å². The molecule has 0 saturated carbocycles. The van der Waals surface area contributed by atoms with Crippen LogP contribution in [0, 0.1) is 18.3 Å². The fourth-order valence-electron chi connectivity index (χ4n) is 1.85. The molecular formula is C12H8BrN5S. The number of hydrogen-bond donors (Lipinski definition) is 0. The highest BCUT2D eigenvalue weighted by molar-refractivity contribution is 9.10. The second-order valence-electron chi connectivity index (χ2n) is 3.90. The molecule has 0 amide bonds. The lowest BCUT2D eigenvalue weighted by molar-refractivity contribution is 0.798. The summed E-state index contributed by atoms with van der Waals surface area (Å²) >= 11 is 4.79. The second kappa shape index (κ2) is 4.79. The molecule has 3 aromatic rings. The molecule has 5 nitrogen and oxygen atoms in total. The topological polar surface area (TPSA) is 66.9 Å². The minimum absolute atomic E-state index is 0.334. The van der Waals surface area contributed by atoms with Crippen molar-refractivity contribution in [1.29, 1.82) is 5.26 Å². The van der Waals surface area contributed by atoms with Crippen LogP contribution in [0.1, 0.15) is 5.82 Å². The van der Waals surface area contributed by atoms with E-state index >= 15 is 0 Å². The molecule has 2 aromatic heterocycles. The van der Waals surface area contributed by atoms with E-state index in [4.69, 9.17) is 5.26 Å². The summed E-state index contributed by atoms with van der Waals surface area (Å²) in [6, 6.07) is 7.96. The van der Waals surface area contributed by atoms with Gasteiger partial charge in [0.2, 0.25) is 0 Å². The first-order chi connectivity index (χ1) is 9.19. The van der Waals surface area contributed by atoms with Gasteiger partial charge in [0.1, 0.15) is 5.82 Å². The largest absolute Gasteiger partial charge is 0.222 e. The van der Waals surface area contributed by atoms with E-state index in [1.165, 1.54) is 11.8 Å². The van der Waals surface area contributed by atoms with E-state index < -0.39 is 0 Å². The Morgan fingerprint density at radius 3 is 3.05 bits per heavy atom. The first-order valence-corrected chi connectivity index (χ1v) is 7.29. The van der Waals surface area contributed by atoms with Crippen molar-refractivity contribution in [3.63, 3.8) is 0 Å². The number of nitriles is 1. The third kappa shape index (κ3) is 2.17. The Bertz CT molecular complexity index is 820. The van der Waals surface area contributed by atoms with Gasteiger partial charge in [-0.1, -0.05) is 27.7 Å². The number of nitrogens with zero attached hydrogens (tertiary/aromatic N) is 5. The van der Waals surface area contributed by atoms with Crippen LogP contribution in [0.25, 0.3) is 16.6 Å². The van der Waals surface area contributed by atoms with Gasteiger partial charge in [-0.25, -0.2) is 9.97 Å². The molecule has 0 spiro atoms. The van der Waals surface area contributed by atoms with E-state index in [0.29, 0.717) is 16.7 Å². The van der Waals surface area contributed by atoms with Gasteiger partial charge in [-0.05, 0) is 25.1 Å². The quantitative estimate of drug-likeness (QED) is 0.532. The van der Waals surface area contributed by atoms with Crippen molar-refractivity contribution in [3.05, 3.63) is 28.5 Å². The highest BCUT2D eigenvalue weighted by atomic mass is 79.9. The number of thioether (sulfide) groups is 1. The Morgan fingerprint density at radius 2 is 2.26 bits per heavy atom. The van der Waals surface area contributed by atoms with Crippen molar-refractivity contribution in [2.45, 2.75) is 12.1 Å². The molecule has 0 aliphatic carbocycles. The number of benzene rings is 1. The fraction of sp³-hybridized carbons (Fsp3) is 0.167. The molecule has 0 saturated heterocycles. The minimum Gasteiger partial charge on any atom is -0.222 e. The lowest BCUT2D eigenvalue weighted by atomic mass is 10.2. The van der Waals surface area contributed by atoms with Crippen LogP contribution in [0.2, 0.25) is 0 Å². The standard InChI is InChI=1S/C12H8BrN5S/c1-7-15-11-9-3-2-8(13)6-10(9)16-12(18(11)17-7)19-5-4-14/h2-3,6H,5H2,1H3. The lowest BCUT2D eigenvalue weighted by Crippen LogP contribution is -1.98. The van der Waals surface area contributed by atoms with Crippen LogP contribution in [-0.2, 0) is 0 Å². The second-order valence-corrected chi connectivity index (χ2v) is 5.76. The van der Waals surface area contributed by atoms with Crippen molar-refractivity contribution >= 4 is 44.2 Å². The zero-order valence-electron chi connectivity index (χ0n) is 9.96. The summed E-state index contributed by atoms with van der Waals surface area (Å²) in [4.78, 5) is 9.00. The predicted molar refractivity (Wildman–Crippen MR) is 77.1 cm³/mol. The highest BCUT2D eigenvalue weighted by Crippen LogP contribution is 2.25. The molecule has 94 valence electrons. The number of hydrogen-bond acceptors (Lipinski definition) is 5. The van der Waals surface area contributed by atoms with Crippen LogP contribution < -0.4 is 0 Å². The number of aromatic nitrogens is 4. The summed E-state index contributed by atoms with van der Waals surface area (Å²) in [6.45, 7) is 1.84. The normalized spacial score (nSPS) is 11.0. The van der Waals surface area contributed by atoms with Gasteiger partial charge in [0.15, 0.2) is 10.8 Å². The highest BCUT2D eigenvalue weighted by Gasteiger charge is 2.12. The van der Waals surface area contributed by atoms with E-state index in [0.717, 1.165) is 21.0 Å². The Labute approximate surface area is 121 Å². The first-order valence-electron chi connectivity index (χ1n) is 5.51. The van der Waals surface area contributed by atoms with Crippen LogP contribution in [0.3, 0.4) is 0 Å². The van der Waals surface area contributed by atoms with Crippen molar-refractivity contribution < 1.29 is 0 Å². The molecule has 19 heavy (non-hydrogen) atoms. The van der Waals surface area contributed by atoms with Crippen LogP contribution in [0.5, 0.6) is 0 Å². The average molecular weight is 334 g/mol. The maximum Gasteiger partial charge on any atom is 0.192 e. The summed E-state index contributed by atoms with van der Waals surface area (Å²) in [6.07, 6.45) is 0. The molecule has 0 N–H and O–H groups in total. The summed E-state index contributed by atoms with van der Waals surface area (Å²) < 4.78 is 2.66. The molecule has 3 rings (SSSR count). The van der Waals surface area contributed by atoms with Crippen LogP contribution in [0.4, 0.5) is 0 Å². The first kappa shape index (κ1) is 12.4. The molecule has 2 heterocycles. The van der Waals surface area contributed by atoms with Gasteiger partial charge in [-0.2, -0.15) is 9.78 Å². The SMILES string of the molecule is Cc1nc2c3ccc(Br)cc3nc(SCC#N)n2n1. The smallest absolute Gasteiger partial charge is 0.192 e. The van der Waals surface area contributed by atoms with Crippen molar-refractivity contribution in [2.75, 3.05) is 5.75 Å². The van der Waals surface area contributed by atoms with Gasteiger partial charge in [-0.3, -0.25) is 0 Å². The Hall–Kier alpha value is -1.65. The van der Waals surface area contributed by atoms with Crippen molar-refractivity contribution in [2.24, 2.45) is 0 Å². The molecule has 0 fully saturated rings. The van der Waals surface area contributed by atoms with Crippen LogP contribution >= 0.6 is 27.7 Å². The average Bonchev–Trinajstić information content (AvgIpc) is 2.77. The maximum absolute atomic E-state index is 8.71. The molecule has 0 radical (unpaired) electrons. The molecule has 0 unspecified atom stereocenters. The molecule has 0 aliphatic rings. The number of aryl methyl sites for hydroxylation is 1. The van der Waals surface area contributed by atoms with Crippen LogP contribution in [0.15, 0.2) is 27.8 Å². The van der Waals surface area contributed by atoms with E-state index in [1.807, 2.05) is 25.1 Å². The van der Waals surface area contributed by atoms with Gasteiger partial charge in [0.25, 0.3) is 0 Å². The maximum atomic E-state index is 8.71. The zero-order valence-corrected chi connectivity index (χ0v) is 12.4. The van der Waals surface area contributed by atoms with Gasteiger partial charge in [0, 0.05) is 9.86 Å². The molecule has 0 aliphatic heterocycles. The van der Waals surface area contributed by atoms with Gasteiger partial charge >= 0.3 is 0 Å². The van der Waals surface area contributed by atoms with E-state index in [1.54, 1.807) is 4.52 Å². The molecule has 0 atom stereocenters. The molecule has 1 aromatic carbocycles. The number of rotatable bonds is 2. The van der Waals surface area contributed by atoms with Crippen molar-refractivity contribution in [3.8, 4) is 6.07 Å². The van der Waals surface area contributed by atoms with Gasteiger partial charge in [-0.15, -0.1) is 5.10 Å². The van der Waals surface area contributed by atoms with Gasteiger partial charge < -0.3 is 0 Å². The Balaban J connectivity index is 2.36.